The summed E-state index contributed by atoms with van der Waals surface area (Å²) in [5.41, 5.74) is 1.32. The smallest absolute Gasteiger partial charge is 0.0940 e. The minimum atomic E-state index is 0.235. The van der Waals surface area contributed by atoms with E-state index >= 15 is 0 Å². The highest BCUT2D eigenvalue weighted by atomic mass is 16.5. The van der Waals surface area contributed by atoms with E-state index in [-0.39, 0.29) is 6.10 Å². The maximum atomic E-state index is 5.43. The Kier molecular flexibility index (Phi) is 2.69. The molecule has 0 aromatic carbocycles. The molecule has 1 atom stereocenters. The van der Waals surface area contributed by atoms with Crippen molar-refractivity contribution in [2.45, 2.75) is 26.4 Å². The van der Waals surface area contributed by atoms with Crippen LogP contribution in [0.3, 0.4) is 0 Å². The first-order chi connectivity index (χ1) is 4.79. The lowest BCUT2D eigenvalue weighted by Gasteiger charge is -2.13. The maximum absolute atomic E-state index is 5.43. The van der Waals surface area contributed by atoms with Gasteiger partial charge >= 0.3 is 0 Å². The Bertz CT molecular complexity index is 152. The van der Waals surface area contributed by atoms with Crippen LogP contribution in [-0.2, 0) is 4.74 Å². The van der Waals surface area contributed by atoms with Gasteiger partial charge in [-0.15, -0.1) is 0 Å². The number of ether oxygens (including phenoxy) is 1. The Balaban J connectivity index is 2.48. The number of allylic oxidation sites excluding steroid dienone is 1. The molecule has 0 fully saturated rings. The molecule has 1 heteroatoms. The van der Waals surface area contributed by atoms with Crippen LogP contribution in [0.15, 0.2) is 23.8 Å². The lowest BCUT2D eigenvalue weighted by Crippen LogP contribution is -2.11. The van der Waals surface area contributed by atoms with E-state index in [0.29, 0.717) is 0 Å². The molecule has 0 aromatic heterocycles. The van der Waals surface area contributed by atoms with E-state index in [2.05, 4.69) is 32.1 Å². The summed E-state index contributed by atoms with van der Waals surface area (Å²) in [5.74, 6) is 0. The van der Waals surface area contributed by atoms with E-state index in [0.717, 1.165) is 13.0 Å². The molecular weight excluding hydrogens is 124 g/mol. The lowest BCUT2D eigenvalue weighted by atomic mass is 10.2. The molecule has 1 rings (SSSR count). The van der Waals surface area contributed by atoms with Crippen molar-refractivity contribution < 1.29 is 4.74 Å². The van der Waals surface area contributed by atoms with E-state index in [1.54, 1.807) is 0 Å². The Morgan fingerprint density at radius 2 is 2.40 bits per heavy atom. The molecule has 1 aliphatic heterocycles. The van der Waals surface area contributed by atoms with Gasteiger partial charge in [0.05, 0.1) is 12.7 Å². The van der Waals surface area contributed by atoms with Gasteiger partial charge in [0.2, 0.25) is 0 Å². The van der Waals surface area contributed by atoms with Crippen molar-refractivity contribution >= 4 is 0 Å². The molecule has 0 amide bonds. The molecule has 56 valence electrons. The minimum absolute atomic E-state index is 0.235. The predicted molar refractivity (Wildman–Crippen MR) is 42.9 cm³/mol. The van der Waals surface area contributed by atoms with Crippen molar-refractivity contribution in [3.63, 3.8) is 0 Å². The third-order valence-corrected chi connectivity index (χ3v) is 1.42. The standard InChI is InChI=1S/C9H14O/c1-8(2)7-9-5-3-4-6-10-9/h3,5,7,9H,4,6H2,1-2H3. The van der Waals surface area contributed by atoms with Gasteiger partial charge in [-0.05, 0) is 20.3 Å². The fourth-order valence-corrected chi connectivity index (χ4v) is 0.990. The van der Waals surface area contributed by atoms with Gasteiger partial charge in [-0.3, -0.25) is 0 Å². The first-order valence-electron chi connectivity index (χ1n) is 3.72. The van der Waals surface area contributed by atoms with Crippen LogP contribution in [-0.4, -0.2) is 12.7 Å². The predicted octanol–water partition coefficient (Wildman–Crippen LogP) is 2.30. The summed E-state index contributed by atoms with van der Waals surface area (Å²) in [5, 5.41) is 0. The average molecular weight is 138 g/mol. The Morgan fingerprint density at radius 3 is 2.90 bits per heavy atom. The lowest BCUT2D eigenvalue weighted by molar-refractivity contribution is 0.110. The second-order valence-electron chi connectivity index (χ2n) is 2.80. The molecule has 10 heavy (non-hydrogen) atoms. The molecule has 0 N–H and O–H groups in total. The second kappa shape index (κ2) is 3.57. The molecule has 0 saturated carbocycles. The van der Waals surface area contributed by atoms with Crippen molar-refractivity contribution in [1.29, 1.82) is 0 Å². The first-order valence-corrected chi connectivity index (χ1v) is 3.72. The van der Waals surface area contributed by atoms with E-state index < -0.39 is 0 Å². The summed E-state index contributed by atoms with van der Waals surface area (Å²) in [6.45, 7) is 5.04. The van der Waals surface area contributed by atoms with Gasteiger partial charge in [-0.25, -0.2) is 0 Å². The van der Waals surface area contributed by atoms with Crippen LogP contribution < -0.4 is 0 Å². The summed E-state index contributed by atoms with van der Waals surface area (Å²) in [6.07, 6.45) is 7.71. The van der Waals surface area contributed by atoms with Crippen LogP contribution in [0.2, 0.25) is 0 Å². The summed E-state index contributed by atoms with van der Waals surface area (Å²) >= 11 is 0. The summed E-state index contributed by atoms with van der Waals surface area (Å²) < 4.78 is 5.43. The van der Waals surface area contributed by atoms with Crippen LogP contribution in [0.25, 0.3) is 0 Å². The molecule has 1 unspecified atom stereocenters. The molecule has 1 nitrogen and oxygen atoms in total. The van der Waals surface area contributed by atoms with Crippen LogP contribution in [0, 0.1) is 0 Å². The monoisotopic (exact) mass is 138 g/mol. The van der Waals surface area contributed by atoms with Gasteiger partial charge in [0.25, 0.3) is 0 Å². The Hall–Kier alpha value is -0.560. The van der Waals surface area contributed by atoms with Gasteiger partial charge in [0.15, 0.2) is 0 Å². The van der Waals surface area contributed by atoms with Crippen LogP contribution >= 0.6 is 0 Å². The fourth-order valence-electron chi connectivity index (χ4n) is 0.990. The number of hydrogen-bond donors (Lipinski definition) is 0. The van der Waals surface area contributed by atoms with E-state index in [9.17, 15) is 0 Å². The second-order valence-corrected chi connectivity index (χ2v) is 2.80. The van der Waals surface area contributed by atoms with Gasteiger partial charge in [-0.1, -0.05) is 23.8 Å². The number of hydrogen-bond acceptors (Lipinski definition) is 1. The van der Waals surface area contributed by atoms with E-state index in [1.807, 2.05) is 0 Å². The SMILES string of the molecule is CC(C)=CC1C=CCCO1. The normalized spacial score (nSPS) is 24.4. The van der Waals surface area contributed by atoms with E-state index in [4.69, 9.17) is 4.74 Å². The highest BCUT2D eigenvalue weighted by Crippen LogP contribution is 2.07. The number of rotatable bonds is 1. The molecular formula is C9H14O. The molecule has 0 aromatic rings. The van der Waals surface area contributed by atoms with E-state index in [1.165, 1.54) is 5.57 Å². The average Bonchev–Trinajstić information content (AvgIpc) is 1.88. The topological polar surface area (TPSA) is 9.23 Å². The summed E-state index contributed by atoms with van der Waals surface area (Å²) in [7, 11) is 0. The Labute approximate surface area is 62.4 Å². The van der Waals surface area contributed by atoms with Crippen LogP contribution in [0.4, 0.5) is 0 Å². The third kappa shape index (κ3) is 2.36. The first kappa shape index (κ1) is 7.55. The fraction of sp³-hybridized carbons (Fsp3) is 0.556. The van der Waals surface area contributed by atoms with Gasteiger partial charge in [-0.2, -0.15) is 0 Å². The summed E-state index contributed by atoms with van der Waals surface area (Å²) in [6, 6.07) is 0. The van der Waals surface area contributed by atoms with Gasteiger partial charge in [0.1, 0.15) is 0 Å². The van der Waals surface area contributed by atoms with Crippen LogP contribution in [0.5, 0.6) is 0 Å². The Morgan fingerprint density at radius 1 is 1.60 bits per heavy atom. The zero-order valence-electron chi connectivity index (χ0n) is 6.63. The minimum Gasteiger partial charge on any atom is -0.370 e. The highest BCUT2D eigenvalue weighted by molar-refractivity contribution is 5.08. The van der Waals surface area contributed by atoms with Crippen LogP contribution in [0.1, 0.15) is 20.3 Å². The molecule has 0 aliphatic carbocycles. The molecule has 0 spiro atoms. The molecule has 1 aliphatic rings. The van der Waals surface area contributed by atoms with Gasteiger partial charge < -0.3 is 4.74 Å². The highest BCUT2D eigenvalue weighted by Gasteiger charge is 2.03. The maximum Gasteiger partial charge on any atom is 0.0940 e. The van der Waals surface area contributed by atoms with Crippen molar-refractivity contribution in [3.8, 4) is 0 Å². The molecule has 0 bridgehead atoms. The third-order valence-electron chi connectivity index (χ3n) is 1.42. The molecule has 0 saturated heterocycles. The van der Waals surface area contributed by atoms with Crippen molar-refractivity contribution in [2.75, 3.05) is 6.61 Å². The van der Waals surface area contributed by atoms with Crippen molar-refractivity contribution in [2.24, 2.45) is 0 Å². The zero-order chi connectivity index (χ0) is 7.40. The molecule has 0 radical (unpaired) electrons. The quantitative estimate of drug-likeness (QED) is 0.505. The van der Waals surface area contributed by atoms with Gasteiger partial charge in [0, 0.05) is 0 Å². The van der Waals surface area contributed by atoms with Crippen molar-refractivity contribution in [3.05, 3.63) is 23.8 Å². The largest absolute Gasteiger partial charge is 0.370 e. The summed E-state index contributed by atoms with van der Waals surface area (Å²) in [4.78, 5) is 0. The van der Waals surface area contributed by atoms with Crippen molar-refractivity contribution in [1.82, 2.24) is 0 Å². The molecule has 1 heterocycles. The zero-order valence-corrected chi connectivity index (χ0v) is 6.63.